The largest absolute Gasteiger partial charge is 0.493 e. The lowest BCUT2D eigenvalue weighted by Gasteiger charge is -2.13. The molecule has 182 valence electrons. The zero-order chi connectivity index (χ0) is 25.3. The van der Waals surface area contributed by atoms with Crippen LogP contribution in [0.15, 0.2) is 39.9 Å². The number of ether oxygens (including phenoxy) is 2. The zero-order valence-corrected chi connectivity index (χ0v) is 21.7. The predicted octanol–water partition coefficient (Wildman–Crippen LogP) is 4.15. The molecule has 0 aromatic heterocycles. The molecule has 0 fully saturated rings. The van der Waals surface area contributed by atoms with Gasteiger partial charge in [0, 0.05) is 11.7 Å². The molecule has 12 heteroatoms. The second-order valence-electron chi connectivity index (χ2n) is 6.98. The fourth-order valence-electron chi connectivity index (χ4n) is 2.47. The van der Waals surface area contributed by atoms with Gasteiger partial charge in [-0.05, 0) is 65.2 Å². The Balaban J connectivity index is 2.00. The van der Waals surface area contributed by atoms with E-state index in [1.807, 2.05) is 6.92 Å². The molecule has 2 aromatic rings. The van der Waals surface area contributed by atoms with E-state index in [0.29, 0.717) is 43.7 Å². The van der Waals surface area contributed by atoms with E-state index >= 15 is 0 Å². The predicted molar refractivity (Wildman–Crippen MR) is 135 cm³/mol. The standard InChI is InChI=1S/C22H23BrCl2N4O5/c1-4-12(2)27-21(31)22(32)29-26-10-13-7-15(23)20(18(8-13)33-3)34-11-19(30)28-14-5-6-16(24)17(25)9-14/h5-10,12H,4,11H2,1-3H3,(H,27,31)(H,28,30)(H,29,32)/b26-10-/t12-/m0/s1. The van der Waals surface area contributed by atoms with Crippen molar-refractivity contribution in [3.8, 4) is 11.5 Å². The Bertz CT molecular complexity index is 1100. The van der Waals surface area contributed by atoms with E-state index in [9.17, 15) is 14.4 Å². The molecule has 0 radical (unpaired) electrons. The van der Waals surface area contributed by atoms with E-state index in [1.165, 1.54) is 19.4 Å². The Morgan fingerprint density at radius 3 is 2.53 bits per heavy atom. The number of nitrogens with zero attached hydrogens (tertiary/aromatic N) is 1. The minimum atomic E-state index is -0.879. The van der Waals surface area contributed by atoms with E-state index in [1.54, 1.807) is 31.2 Å². The van der Waals surface area contributed by atoms with E-state index < -0.39 is 17.7 Å². The van der Waals surface area contributed by atoms with Crippen molar-refractivity contribution in [1.82, 2.24) is 10.7 Å². The second kappa shape index (κ2) is 13.2. The van der Waals surface area contributed by atoms with Gasteiger partial charge in [-0.25, -0.2) is 5.43 Å². The number of nitrogens with one attached hydrogen (secondary N) is 3. The Morgan fingerprint density at radius 2 is 1.88 bits per heavy atom. The van der Waals surface area contributed by atoms with Crippen molar-refractivity contribution < 1.29 is 23.9 Å². The maximum absolute atomic E-state index is 12.2. The summed E-state index contributed by atoms with van der Waals surface area (Å²) in [6.07, 6.45) is 2.03. The first-order valence-corrected chi connectivity index (χ1v) is 11.6. The number of carbonyl (C=O) groups is 3. The van der Waals surface area contributed by atoms with Gasteiger partial charge in [-0.3, -0.25) is 14.4 Å². The molecule has 0 aliphatic heterocycles. The van der Waals surface area contributed by atoms with Gasteiger partial charge < -0.3 is 20.1 Å². The second-order valence-corrected chi connectivity index (χ2v) is 8.65. The number of amides is 3. The summed E-state index contributed by atoms with van der Waals surface area (Å²) in [5, 5.41) is 9.68. The van der Waals surface area contributed by atoms with Crippen LogP contribution in [0.25, 0.3) is 0 Å². The maximum atomic E-state index is 12.2. The molecular formula is C22H23BrCl2N4O5. The molecule has 0 heterocycles. The van der Waals surface area contributed by atoms with Crippen molar-refractivity contribution in [1.29, 1.82) is 0 Å². The lowest BCUT2D eigenvalue weighted by atomic mass is 10.2. The normalized spacial score (nSPS) is 11.6. The van der Waals surface area contributed by atoms with Crippen LogP contribution in [0.2, 0.25) is 10.0 Å². The Kier molecular flexibility index (Phi) is 10.6. The quantitative estimate of drug-likeness (QED) is 0.237. The van der Waals surface area contributed by atoms with E-state index in [-0.39, 0.29) is 12.6 Å². The molecule has 0 aliphatic rings. The van der Waals surface area contributed by atoms with Crippen molar-refractivity contribution in [3.63, 3.8) is 0 Å². The molecule has 1 atom stereocenters. The molecule has 0 bridgehead atoms. The third-order valence-electron chi connectivity index (χ3n) is 4.38. The molecule has 0 unspecified atom stereocenters. The first kappa shape index (κ1) is 27.4. The number of anilines is 1. The molecule has 0 aliphatic carbocycles. The lowest BCUT2D eigenvalue weighted by molar-refractivity contribution is -0.139. The number of benzene rings is 2. The van der Waals surface area contributed by atoms with Crippen molar-refractivity contribution in [2.45, 2.75) is 26.3 Å². The van der Waals surface area contributed by atoms with Gasteiger partial charge in [-0.2, -0.15) is 5.10 Å². The summed E-state index contributed by atoms with van der Waals surface area (Å²) in [6.45, 7) is 3.38. The monoisotopic (exact) mass is 572 g/mol. The summed E-state index contributed by atoms with van der Waals surface area (Å²) in [6, 6.07) is 7.82. The summed E-state index contributed by atoms with van der Waals surface area (Å²) in [5.41, 5.74) is 3.18. The molecule has 2 rings (SSSR count). The Labute approximate surface area is 215 Å². The number of carbonyl (C=O) groups excluding carboxylic acids is 3. The van der Waals surface area contributed by atoms with Crippen molar-refractivity contribution in [3.05, 3.63) is 50.4 Å². The van der Waals surface area contributed by atoms with Crippen LogP contribution in [-0.2, 0) is 14.4 Å². The van der Waals surface area contributed by atoms with Crippen LogP contribution in [0.3, 0.4) is 0 Å². The van der Waals surface area contributed by atoms with Gasteiger partial charge in [-0.15, -0.1) is 0 Å². The average molecular weight is 574 g/mol. The van der Waals surface area contributed by atoms with Crippen molar-refractivity contribution in [2.24, 2.45) is 5.10 Å². The number of methoxy groups -OCH3 is 1. The fraction of sp³-hybridized carbons (Fsp3) is 0.273. The minimum absolute atomic E-state index is 0.124. The highest BCUT2D eigenvalue weighted by atomic mass is 79.9. The molecule has 0 spiro atoms. The van der Waals surface area contributed by atoms with Gasteiger partial charge in [0.05, 0.1) is 27.8 Å². The smallest absolute Gasteiger partial charge is 0.329 e. The van der Waals surface area contributed by atoms with Gasteiger partial charge >= 0.3 is 11.8 Å². The van der Waals surface area contributed by atoms with E-state index in [0.717, 1.165) is 0 Å². The van der Waals surface area contributed by atoms with Crippen LogP contribution in [0.5, 0.6) is 11.5 Å². The van der Waals surface area contributed by atoms with Crippen LogP contribution < -0.4 is 25.5 Å². The molecule has 0 saturated carbocycles. The number of hydrogen-bond acceptors (Lipinski definition) is 6. The average Bonchev–Trinajstić information content (AvgIpc) is 2.80. The lowest BCUT2D eigenvalue weighted by Crippen LogP contribution is -2.41. The van der Waals surface area contributed by atoms with Crippen LogP contribution in [-0.4, -0.2) is 43.7 Å². The number of halogens is 3. The highest BCUT2D eigenvalue weighted by Crippen LogP contribution is 2.36. The summed E-state index contributed by atoms with van der Waals surface area (Å²) in [4.78, 5) is 35.8. The first-order chi connectivity index (χ1) is 16.1. The van der Waals surface area contributed by atoms with Gasteiger partial charge in [0.25, 0.3) is 5.91 Å². The summed E-state index contributed by atoms with van der Waals surface area (Å²) in [7, 11) is 1.44. The SMILES string of the molecule is CC[C@H](C)NC(=O)C(=O)N/N=C\c1cc(Br)c(OCC(=O)Nc2ccc(Cl)c(Cl)c2)c(OC)c1. The third kappa shape index (κ3) is 8.19. The molecular weight excluding hydrogens is 551 g/mol. The number of rotatable bonds is 9. The molecule has 3 amide bonds. The summed E-state index contributed by atoms with van der Waals surface area (Å²) >= 11 is 15.2. The van der Waals surface area contributed by atoms with Crippen LogP contribution in [0, 0.1) is 0 Å². The van der Waals surface area contributed by atoms with Crippen LogP contribution >= 0.6 is 39.1 Å². The summed E-state index contributed by atoms with van der Waals surface area (Å²) in [5.74, 6) is -1.46. The van der Waals surface area contributed by atoms with Crippen LogP contribution in [0.1, 0.15) is 25.8 Å². The number of hydrazone groups is 1. The van der Waals surface area contributed by atoms with E-state index in [2.05, 4.69) is 37.1 Å². The van der Waals surface area contributed by atoms with Gasteiger partial charge in [0.1, 0.15) is 0 Å². The van der Waals surface area contributed by atoms with Gasteiger partial charge in [-0.1, -0.05) is 30.1 Å². The van der Waals surface area contributed by atoms with E-state index in [4.69, 9.17) is 32.7 Å². The first-order valence-electron chi connectivity index (χ1n) is 10.0. The fourth-order valence-corrected chi connectivity index (χ4v) is 3.34. The highest BCUT2D eigenvalue weighted by molar-refractivity contribution is 9.10. The van der Waals surface area contributed by atoms with Gasteiger partial charge in [0.2, 0.25) is 0 Å². The van der Waals surface area contributed by atoms with Gasteiger partial charge in [0.15, 0.2) is 18.1 Å². The Hall–Kier alpha value is -2.82. The zero-order valence-electron chi connectivity index (χ0n) is 18.6. The minimum Gasteiger partial charge on any atom is -0.493 e. The molecule has 3 N–H and O–H groups in total. The van der Waals surface area contributed by atoms with Crippen LogP contribution in [0.4, 0.5) is 5.69 Å². The maximum Gasteiger partial charge on any atom is 0.329 e. The molecule has 9 nitrogen and oxygen atoms in total. The third-order valence-corrected chi connectivity index (χ3v) is 5.71. The highest BCUT2D eigenvalue weighted by Gasteiger charge is 2.16. The van der Waals surface area contributed by atoms with Crippen molar-refractivity contribution >= 4 is 68.8 Å². The van der Waals surface area contributed by atoms with Crippen molar-refractivity contribution in [2.75, 3.05) is 19.0 Å². The molecule has 2 aromatic carbocycles. The summed E-state index contributed by atoms with van der Waals surface area (Å²) < 4.78 is 11.4. The molecule has 34 heavy (non-hydrogen) atoms. The molecule has 0 saturated heterocycles. The number of hydrogen-bond donors (Lipinski definition) is 3. The Morgan fingerprint density at radius 1 is 1.15 bits per heavy atom. The topological polar surface area (TPSA) is 118 Å².